The monoisotopic (exact) mass is 235 g/mol. The molecule has 0 aliphatic rings. The lowest BCUT2D eigenvalue weighted by Gasteiger charge is -2.08. The SMILES string of the molecule is CCCCCOc1cccc(NC(=O)CC)c1. The van der Waals surface area contributed by atoms with Gasteiger partial charge < -0.3 is 10.1 Å². The zero-order valence-electron chi connectivity index (χ0n) is 10.7. The first-order valence-corrected chi connectivity index (χ1v) is 6.29. The standard InChI is InChI=1S/C14H21NO2/c1-3-5-6-10-17-13-9-7-8-12(11-13)15-14(16)4-2/h7-9,11H,3-6,10H2,1-2H3,(H,15,16). The van der Waals surface area contributed by atoms with Crippen LogP contribution in [0.1, 0.15) is 39.5 Å². The number of hydrogen-bond donors (Lipinski definition) is 1. The van der Waals surface area contributed by atoms with E-state index in [9.17, 15) is 4.79 Å². The van der Waals surface area contributed by atoms with Gasteiger partial charge in [-0.15, -0.1) is 0 Å². The van der Waals surface area contributed by atoms with E-state index in [-0.39, 0.29) is 5.91 Å². The maximum atomic E-state index is 11.2. The van der Waals surface area contributed by atoms with E-state index in [0.29, 0.717) is 6.42 Å². The Morgan fingerprint density at radius 1 is 1.29 bits per heavy atom. The fraction of sp³-hybridized carbons (Fsp3) is 0.500. The summed E-state index contributed by atoms with van der Waals surface area (Å²) in [7, 11) is 0. The third-order valence-corrected chi connectivity index (χ3v) is 2.46. The summed E-state index contributed by atoms with van der Waals surface area (Å²) in [6.07, 6.45) is 3.94. The summed E-state index contributed by atoms with van der Waals surface area (Å²) in [6.45, 7) is 4.74. The van der Waals surface area contributed by atoms with Crippen LogP contribution in [0.3, 0.4) is 0 Å². The van der Waals surface area contributed by atoms with Crippen molar-refractivity contribution in [1.82, 2.24) is 0 Å². The van der Waals surface area contributed by atoms with Crippen molar-refractivity contribution in [3.05, 3.63) is 24.3 Å². The van der Waals surface area contributed by atoms with Gasteiger partial charge in [0.25, 0.3) is 0 Å². The first kappa shape index (κ1) is 13.6. The molecule has 0 radical (unpaired) electrons. The topological polar surface area (TPSA) is 38.3 Å². The van der Waals surface area contributed by atoms with E-state index < -0.39 is 0 Å². The van der Waals surface area contributed by atoms with Gasteiger partial charge >= 0.3 is 0 Å². The zero-order valence-corrected chi connectivity index (χ0v) is 10.7. The molecule has 1 N–H and O–H groups in total. The van der Waals surface area contributed by atoms with Crippen molar-refractivity contribution >= 4 is 11.6 Å². The molecule has 1 aromatic carbocycles. The molecule has 0 fully saturated rings. The molecular weight excluding hydrogens is 214 g/mol. The van der Waals surface area contributed by atoms with E-state index in [1.54, 1.807) is 0 Å². The molecule has 1 rings (SSSR count). The summed E-state index contributed by atoms with van der Waals surface area (Å²) in [4.78, 5) is 11.2. The lowest BCUT2D eigenvalue weighted by atomic mass is 10.2. The van der Waals surface area contributed by atoms with E-state index in [0.717, 1.165) is 24.5 Å². The number of anilines is 1. The summed E-state index contributed by atoms with van der Waals surface area (Å²) in [5.41, 5.74) is 0.796. The van der Waals surface area contributed by atoms with Gasteiger partial charge in [0, 0.05) is 18.2 Å². The Morgan fingerprint density at radius 2 is 2.12 bits per heavy atom. The number of carbonyl (C=O) groups is 1. The van der Waals surface area contributed by atoms with Crippen LogP contribution in [0.5, 0.6) is 5.75 Å². The number of nitrogens with one attached hydrogen (secondary N) is 1. The van der Waals surface area contributed by atoms with Gasteiger partial charge in [0.2, 0.25) is 5.91 Å². The van der Waals surface area contributed by atoms with Crippen LogP contribution in [0.4, 0.5) is 5.69 Å². The maximum Gasteiger partial charge on any atom is 0.224 e. The molecule has 0 heterocycles. The van der Waals surface area contributed by atoms with Crippen molar-refractivity contribution in [2.45, 2.75) is 39.5 Å². The fourth-order valence-electron chi connectivity index (χ4n) is 1.46. The Bertz CT molecular complexity index is 350. The summed E-state index contributed by atoms with van der Waals surface area (Å²) < 4.78 is 5.61. The van der Waals surface area contributed by atoms with E-state index in [2.05, 4.69) is 12.2 Å². The Balaban J connectivity index is 2.45. The zero-order chi connectivity index (χ0) is 12.5. The molecule has 0 saturated carbocycles. The maximum absolute atomic E-state index is 11.2. The predicted octanol–water partition coefficient (Wildman–Crippen LogP) is 3.60. The fourth-order valence-corrected chi connectivity index (χ4v) is 1.46. The van der Waals surface area contributed by atoms with Crippen LogP contribution in [0.2, 0.25) is 0 Å². The van der Waals surface area contributed by atoms with Crippen LogP contribution in [0.25, 0.3) is 0 Å². The predicted molar refractivity (Wildman–Crippen MR) is 70.4 cm³/mol. The third-order valence-electron chi connectivity index (χ3n) is 2.46. The molecule has 1 amide bonds. The molecular formula is C14H21NO2. The number of ether oxygens (including phenoxy) is 1. The van der Waals surface area contributed by atoms with Crippen molar-refractivity contribution in [3.8, 4) is 5.75 Å². The molecule has 0 unspecified atom stereocenters. The van der Waals surface area contributed by atoms with Gasteiger partial charge in [-0.3, -0.25) is 4.79 Å². The molecule has 3 nitrogen and oxygen atoms in total. The largest absolute Gasteiger partial charge is 0.494 e. The van der Waals surface area contributed by atoms with Gasteiger partial charge in [-0.1, -0.05) is 32.8 Å². The molecule has 0 saturated heterocycles. The molecule has 0 bridgehead atoms. The Kier molecular flexibility index (Phi) is 6.15. The molecule has 3 heteroatoms. The normalized spacial score (nSPS) is 10.0. The van der Waals surface area contributed by atoms with Gasteiger partial charge in [-0.2, -0.15) is 0 Å². The Hall–Kier alpha value is -1.51. The highest BCUT2D eigenvalue weighted by Gasteiger charge is 2.00. The van der Waals surface area contributed by atoms with E-state index in [1.807, 2.05) is 31.2 Å². The summed E-state index contributed by atoms with van der Waals surface area (Å²) in [5.74, 6) is 0.836. The second kappa shape index (κ2) is 7.71. The van der Waals surface area contributed by atoms with E-state index in [4.69, 9.17) is 4.74 Å². The van der Waals surface area contributed by atoms with Gasteiger partial charge in [0.05, 0.1) is 6.61 Å². The van der Waals surface area contributed by atoms with Crippen molar-refractivity contribution in [1.29, 1.82) is 0 Å². The number of rotatable bonds is 7. The number of amides is 1. The third kappa shape index (κ3) is 5.38. The minimum Gasteiger partial charge on any atom is -0.494 e. The number of benzene rings is 1. The first-order chi connectivity index (χ1) is 8.26. The molecule has 0 spiro atoms. The van der Waals surface area contributed by atoms with Gasteiger partial charge in [0.1, 0.15) is 5.75 Å². The minimum absolute atomic E-state index is 0.0214. The average molecular weight is 235 g/mol. The van der Waals surface area contributed by atoms with Crippen molar-refractivity contribution < 1.29 is 9.53 Å². The quantitative estimate of drug-likeness (QED) is 0.733. The van der Waals surface area contributed by atoms with Crippen LogP contribution in [0, 0.1) is 0 Å². The molecule has 0 aliphatic carbocycles. The van der Waals surface area contributed by atoms with E-state index >= 15 is 0 Å². The highest BCUT2D eigenvalue weighted by molar-refractivity contribution is 5.90. The molecule has 94 valence electrons. The molecule has 1 aromatic rings. The second-order valence-corrected chi connectivity index (χ2v) is 3.99. The Morgan fingerprint density at radius 3 is 2.82 bits per heavy atom. The lowest BCUT2D eigenvalue weighted by Crippen LogP contribution is -2.09. The van der Waals surface area contributed by atoms with Gasteiger partial charge in [-0.25, -0.2) is 0 Å². The minimum atomic E-state index is 0.0214. The van der Waals surface area contributed by atoms with Crippen LogP contribution in [-0.2, 0) is 4.79 Å². The Labute approximate surface area is 103 Å². The highest BCUT2D eigenvalue weighted by atomic mass is 16.5. The van der Waals surface area contributed by atoms with Crippen LogP contribution in [0.15, 0.2) is 24.3 Å². The summed E-state index contributed by atoms with van der Waals surface area (Å²) >= 11 is 0. The first-order valence-electron chi connectivity index (χ1n) is 6.29. The average Bonchev–Trinajstić information content (AvgIpc) is 2.35. The summed E-state index contributed by atoms with van der Waals surface area (Å²) in [5, 5.41) is 2.81. The van der Waals surface area contributed by atoms with Crippen LogP contribution < -0.4 is 10.1 Å². The molecule has 0 aromatic heterocycles. The van der Waals surface area contributed by atoms with Crippen LogP contribution >= 0.6 is 0 Å². The van der Waals surface area contributed by atoms with Gasteiger partial charge in [-0.05, 0) is 18.6 Å². The number of unbranched alkanes of at least 4 members (excludes halogenated alkanes) is 2. The molecule has 0 aliphatic heterocycles. The van der Waals surface area contributed by atoms with Crippen molar-refractivity contribution in [3.63, 3.8) is 0 Å². The summed E-state index contributed by atoms with van der Waals surface area (Å²) in [6, 6.07) is 7.53. The highest BCUT2D eigenvalue weighted by Crippen LogP contribution is 2.17. The smallest absolute Gasteiger partial charge is 0.224 e. The van der Waals surface area contributed by atoms with Gasteiger partial charge in [0.15, 0.2) is 0 Å². The molecule has 0 atom stereocenters. The van der Waals surface area contributed by atoms with Crippen molar-refractivity contribution in [2.75, 3.05) is 11.9 Å². The molecule has 17 heavy (non-hydrogen) atoms. The lowest BCUT2D eigenvalue weighted by molar-refractivity contribution is -0.115. The van der Waals surface area contributed by atoms with E-state index in [1.165, 1.54) is 12.8 Å². The number of carbonyl (C=O) groups excluding carboxylic acids is 1. The number of hydrogen-bond acceptors (Lipinski definition) is 2. The second-order valence-electron chi connectivity index (χ2n) is 3.99. The van der Waals surface area contributed by atoms with Crippen molar-refractivity contribution in [2.24, 2.45) is 0 Å². The van der Waals surface area contributed by atoms with Crippen LogP contribution in [-0.4, -0.2) is 12.5 Å².